The first kappa shape index (κ1) is 65.2. The highest BCUT2D eigenvalue weighted by atomic mass is 16.5. The lowest BCUT2D eigenvalue weighted by molar-refractivity contribution is -0.102. The normalized spacial score (nSPS) is 11.7. The maximum Gasteiger partial charge on any atom is 0.123 e. The molecule has 0 aromatic heterocycles. The summed E-state index contributed by atoms with van der Waals surface area (Å²) in [7, 11) is 0. The summed E-state index contributed by atoms with van der Waals surface area (Å²) in [4.78, 5) is 0. The van der Waals surface area contributed by atoms with Gasteiger partial charge in [-0.25, -0.2) is 0 Å². The van der Waals surface area contributed by atoms with Crippen LogP contribution in [0.25, 0.3) is 0 Å². The zero-order valence-corrected chi connectivity index (χ0v) is 52.7. The summed E-state index contributed by atoms with van der Waals surface area (Å²) < 4.78 is 71.3. The van der Waals surface area contributed by atoms with Crippen LogP contribution in [-0.2, 0) is 86.9 Å². The lowest BCUT2D eigenvalue weighted by Crippen LogP contribution is -2.40. The van der Waals surface area contributed by atoms with Crippen LogP contribution in [0.4, 0.5) is 0 Å². The van der Waals surface area contributed by atoms with Crippen molar-refractivity contribution >= 4 is 0 Å². The van der Waals surface area contributed by atoms with Gasteiger partial charge in [-0.15, -0.1) is 0 Å². The van der Waals surface area contributed by atoms with Gasteiger partial charge < -0.3 is 57.2 Å². The Morgan fingerprint density at radius 1 is 0.191 bits per heavy atom. The molecule has 12 nitrogen and oxygen atoms in total. The Morgan fingerprint density at radius 2 is 0.351 bits per heavy atom. The van der Waals surface area contributed by atoms with E-state index in [2.05, 4.69) is 0 Å². The van der Waals surface area contributed by atoms with E-state index in [0.717, 1.165) is 61.2 Å². The molecule has 94 heavy (non-hydrogen) atoms. The van der Waals surface area contributed by atoms with Crippen molar-refractivity contribution in [1.29, 1.82) is 0 Å². The second-order valence-corrected chi connectivity index (χ2v) is 23.1. The van der Waals surface area contributed by atoms with Crippen LogP contribution in [0, 0.1) is 5.41 Å². The Kier molecular flexibility index (Phi) is 24.2. The molecule has 0 radical (unpaired) electrons. The quantitative estimate of drug-likeness (QED) is 0.0399. The zero-order valence-electron chi connectivity index (χ0n) is 52.7. The fourth-order valence-electron chi connectivity index (χ4n) is 10.3. The molecule has 478 valence electrons. The van der Waals surface area contributed by atoms with Crippen LogP contribution in [0.5, 0.6) is 46.0 Å². The molecule has 0 bridgehead atoms. The summed E-state index contributed by atoms with van der Waals surface area (Å²) in [6.45, 7) is 3.28. The molecule has 11 aromatic carbocycles. The van der Waals surface area contributed by atoms with Gasteiger partial charge in [-0.05, 0) is 110 Å². The maximum absolute atomic E-state index is 11.4. The van der Waals surface area contributed by atoms with Crippen molar-refractivity contribution < 1.29 is 57.2 Å². The Hall–Kier alpha value is -10.3. The highest BCUT2D eigenvalue weighted by Crippen LogP contribution is 2.33. The van der Waals surface area contributed by atoms with E-state index in [1.807, 2.05) is 285 Å². The van der Waals surface area contributed by atoms with Crippen LogP contribution in [0.2, 0.25) is 0 Å². The first-order chi connectivity index (χ1) is 46.4. The van der Waals surface area contributed by atoms with Crippen molar-refractivity contribution in [2.45, 2.75) is 72.7 Å². The zero-order chi connectivity index (χ0) is 64.1. The molecule has 0 aliphatic heterocycles. The topological polar surface area (TPSA) is 122 Å². The van der Waals surface area contributed by atoms with Crippen LogP contribution < -0.4 is 37.9 Å². The molecule has 0 aliphatic rings. The van der Waals surface area contributed by atoms with Gasteiger partial charge in [0.2, 0.25) is 0 Å². The van der Waals surface area contributed by atoms with Gasteiger partial charge in [0, 0.05) is 24.3 Å². The van der Waals surface area contributed by atoms with E-state index < -0.39 is 5.41 Å². The van der Waals surface area contributed by atoms with Gasteiger partial charge >= 0.3 is 0 Å². The summed E-state index contributed by atoms with van der Waals surface area (Å²) in [6, 6.07) is 93.5. The molecule has 0 spiro atoms. The standard InChI is InChI=1S/C82H78O12/c83-59-82(60-84-48-63-22-8-1-9-23-63,61-85-49-70-36-74(87-51-64-24-10-2-11-25-64)44-75(37-70)88-52-65-26-12-3-13-27-65)62-86-50-71-38-76(93-57-72-40-78(89-53-66-28-14-4-15-29-66)46-79(41-72)90-54-67-30-16-5-17-31-67)45-77(39-71)94-58-73-42-80(91-55-68-32-18-6-19-33-68)47-81(43-73)92-56-69-34-20-7-21-35-69/h1-47,83H,48-62H2. The summed E-state index contributed by atoms with van der Waals surface area (Å²) >= 11 is 0. The number of hydrogen-bond donors (Lipinski definition) is 1. The molecular formula is C82H78O12. The summed E-state index contributed by atoms with van der Waals surface area (Å²) in [5, 5.41) is 11.4. The number of aliphatic hydroxyl groups is 1. The van der Waals surface area contributed by atoms with E-state index in [0.29, 0.717) is 92.2 Å². The van der Waals surface area contributed by atoms with E-state index in [4.69, 9.17) is 52.1 Å². The molecule has 0 heterocycles. The molecule has 1 unspecified atom stereocenters. The molecule has 12 heteroatoms. The molecule has 1 N–H and O–H groups in total. The lowest BCUT2D eigenvalue weighted by Gasteiger charge is -2.31. The largest absolute Gasteiger partial charge is 0.489 e. The van der Waals surface area contributed by atoms with E-state index >= 15 is 0 Å². The van der Waals surface area contributed by atoms with Crippen molar-refractivity contribution in [3.8, 4) is 46.0 Å². The van der Waals surface area contributed by atoms with E-state index in [1.165, 1.54) is 0 Å². The first-order valence-electron chi connectivity index (χ1n) is 31.6. The fraction of sp³-hybridized carbons (Fsp3) is 0.195. The van der Waals surface area contributed by atoms with Crippen LogP contribution in [0.3, 0.4) is 0 Å². The van der Waals surface area contributed by atoms with E-state index in [-0.39, 0.29) is 52.9 Å². The van der Waals surface area contributed by atoms with Crippen molar-refractivity contribution in [3.05, 3.63) is 346 Å². The smallest absolute Gasteiger partial charge is 0.123 e. The van der Waals surface area contributed by atoms with Crippen LogP contribution in [-0.4, -0.2) is 31.5 Å². The fourth-order valence-corrected chi connectivity index (χ4v) is 10.3. The first-order valence-corrected chi connectivity index (χ1v) is 31.6. The second kappa shape index (κ2) is 34.9. The van der Waals surface area contributed by atoms with Crippen molar-refractivity contribution in [1.82, 2.24) is 0 Å². The number of benzene rings is 11. The molecule has 0 aliphatic carbocycles. The SMILES string of the molecule is OCC(COCc1ccccc1)(COCc1cc(OCc2ccccc2)cc(OCc2ccccc2)c1)COCc1cc(OCc2cc(OCc3ccccc3)cc(OCc3ccccc3)c2)cc(OCc2cc(OCc3ccccc3)cc(OCc3ccccc3)c2)c1. The third-order valence-corrected chi connectivity index (χ3v) is 15.3. The number of ether oxygens (including phenoxy) is 11. The minimum absolute atomic E-state index is 0.0777. The van der Waals surface area contributed by atoms with E-state index in [1.54, 1.807) is 0 Å². The third-order valence-electron chi connectivity index (χ3n) is 15.3. The van der Waals surface area contributed by atoms with Gasteiger partial charge in [0.15, 0.2) is 0 Å². The maximum atomic E-state index is 11.4. The summed E-state index contributed by atoms with van der Waals surface area (Å²) in [5.41, 5.74) is 9.52. The molecule has 0 saturated heterocycles. The van der Waals surface area contributed by atoms with Crippen molar-refractivity contribution in [2.24, 2.45) is 5.41 Å². The van der Waals surface area contributed by atoms with Gasteiger partial charge in [-0.3, -0.25) is 0 Å². The average molecular weight is 1260 g/mol. The van der Waals surface area contributed by atoms with Crippen molar-refractivity contribution in [3.63, 3.8) is 0 Å². The average Bonchev–Trinajstić information content (AvgIpc) is 3.87. The molecular weight excluding hydrogens is 1180 g/mol. The minimum atomic E-state index is -0.988. The monoisotopic (exact) mass is 1250 g/mol. The Balaban J connectivity index is 0.840. The number of hydrogen-bond acceptors (Lipinski definition) is 12. The summed E-state index contributed by atoms with van der Waals surface area (Å²) in [5.74, 6) is 4.93. The predicted molar refractivity (Wildman–Crippen MR) is 364 cm³/mol. The molecule has 0 saturated carbocycles. The van der Waals surface area contributed by atoms with Gasteiger partial charge in [0.1, 0.15) is 98.9 Å². The van der Waals surface area contributed by atoms with Crippen molar-refractivity contribution in [2.75, 3.05) is 26.4 Å². The van der Waals surface area contributed by atoms with Gasteiger partial charge in [-0.1, -0.05) is 212 Å². The predicted octanol–water partition coefficient (Wildman–Crippen LogP) is 17.2. The third kappa shape index (κ3) is 21.4. The van der Waals surface area contributed by atoms with Gasteiger partial charge in [-0.2, -0.15) is 0 Å². The number of rotatable bonds is 37. The molecule has 0 amide bonds. The van der Waals surface area contributed by atoms with Gasteiger partial charge in [0.05, 0.1) is 51.7 Å². The van der Waals surface area contributed by atoms with E-state index in [9.17, 15) is 5.11 Å². The molecule has 1 atom stereocenters. The van der Waals surface area contributed by atoms with Crippen LogP contribution in [0.1, 0.15) is 61.2 Å². The second-order valence-electron chi connectivity index (χ2n) is 23.1. The van der Waals surface area contributed by atoms with Crippen LogP contribution >= 0.6 is 0 Å². The minimum Gasteiger partial charge on any atom is -0.489 e. The summed E-state index contributed by atoms with van der Waals surface area (Å²) in [6.07, 6.45) is 0. The van der Waals surface area contributed by atoms with Crippen LogP contribution in [0.15, 0.2) is 285 Å². The molecule has 11 aromatic rings. The van der Waals surface area contributed by atoms with Gasteiger partial charge in [0.25, 0.3) is 0 Å². The highest BCUT2D eigenvalue weighted by molar-refractivity contribution is 5.43. The Morgan fingerprint density at radius 3 is 0.543 bits per heavy atom. The Bertz CT molecular complexity index is 3650. The lowest BCUT2D eigenvalue weighted by atomic mass is 9.92. The molecule has 11 rings (SSSR count). The Labute approximate surface area is 551 Å². The number of aliphatic hydroxyl groups excluding tert-OH is 1. The molecule has 0 fully saturated rings. The highest BCUT2D eigenvalue weighted by Gasteiger charge is 2.32.